The van der Waals surface area contributed by atoms with Crippen molar-refractivity contribution in [1.82, 2.24) is 10.2 Å². The maximum absolute atomic E-state index is 12.9. The summed E-state index contributed by atoms with van der Waals surface area (Å²) in [4.78, 5) is 27.4. The lowest BCUT2D eigenvalue weighted by Gasteiger charge is -2.39. The Balaban J connectivity index is 1.60. The molecule has 1 aliphatic rings. The number of halogens is 1. The molecule has 2 aromatic carbocycles. The van der Waals surface area contributed by atoms with Gasteiger partial charge in [0.1, 0.15) is 5.75 Å². The van der Waals surface area contributed by atoms with Gasteiger partial charge in [0.05, 0.1) is 12.5 Å². The number of benzene rings is 2. The topological polar surface area (TPSA) is 70.7 Å². The summed E-state index contributed by atoms with van der Waals surface area (Å²) < 4.78 is 5.23. The van der Waals surface area contributed by atoms with Crippen molar-refractivity contribution in [3.8, 4) is 5.75 Å². The van der Waals surface area contributed by atoms with Crippen molar-refractivity contribution < 1.29 is 14.3 Å². The molecular weight excluding hydrogens is 402 g/mol. The van der Waals surface area contributed by atoms with Gasteiger partial charge in [0.2, 0.25) is 5.91 Å². The molecule has 3 amide bonds. The van der Waals surface area contributed by atoms with Gasteiger partial charge in [-0.3, -0.25) is 4.79 Å². The molecule has 1 fully saturated rings. The molecule has 7 heteroatoms. The van der Waals surface area contributed by atoms with E-state index >= 15 is 0 Å². The lowest BCUT2D eigenvalue weighted by molar-refractivity contribution is -0.132. The van der Waals surface area contributed by atoms with Crippen LogP contribution in [0.1, 0.15) is 30.9 Å². The first-order chi connectivity index (χ1) is 14.3. The van der Waals surface area contributed by atoms with Crippen molar-refractivity contribution in [2.24, 2.45) is 5.41 Å². The number of anilines is 1. The van der Waals surface area contributed by atoms with Crippen molar-refractivity contribution in [3.63, 3.8) is 0 Å². The smallest absolute Gasteiger partial charge is 0.321 e. The minimum Gasteiger partial charge on any atom is -0.497 e. The third kappa shape index (κ3) is 5.25. The van der Waals surface area contributed by atoms with Crippen LogP contribution in [-0.2, 0) is 11.3 Å². The molecule has 6 nitrogen and oxygen atoms in total. The first-order valence-corrected chi connectivity index (χ1v) is 10.4. The van der Waals surface area contributed by atoms with Crippen molar-refractivity contribution in [3.05, 3.63) is 58.6 Å². The average molecular weight is 430 g/mol. The van der Waals surface area contributed by atoms with Crippen LogP contribution in [0.5, 0.6) is 5.75 Å². The number of nitrogens with zero attached hydrogens (tertiary/aromatic N) is 1. The van der Waals surface area contributed by atoms with E-state index in [4.69, 9.17) is 16.3 Å². The fourth-order valence-corrected chi connectivity index (χ4v) is 3.83. The zero-order valence-corrected chi connectivity index (χ0v) is 18.4. The molecule has 1 atom stereocenters. The van der Waals surface area contributed by atoms with Crippen LogP contribution in [-0.4, -0.2) is 37.0 Å². The molecule has 30 heavy (non-hydrogen) atoms. The second-order valence-electron chi connectivity index (χ2n) is 8.01. The first kappa shape index (κ1) is 22.0. The van der Waals surface area contributed by atoms with E-state index in [1.807, 2.05) is 50.2 Å². The molecular formula is C23H28ClN3O3. The van der Waals surface area contributed by atoms with Crippen LogP contribution in [0.3, 0.4) is 0 Å². The normalized spacial score (nSPS) is 18.6. The van der Waals surface area contributed by atoms with Crippen LogP contribution < -0.4 is 15.4 Å². The summed E-state index contributed by atoms with van der Waals surface area (Å²) in [6, 6.07) is 12.8. The average Bonchev–Trinajstić information content (AvgIpc) is 2.74. The molecule has 1 saturated heterocycles. The molecule has 0 aromatic heterocycles. The Labute approximate surface area is 182 Å². The van der Waals surface area contributed by atoms with Gasteiger partial charge in [-0.05, 0) is 62.1 Å². The van der Waals surface area contributed by atoms with Crippen LogP contribution in [0.15, 0.2) is 42.5 Å². The molecule has 0 unspecified atom stereocenters. The van der Waals surface area contributed by atoms with E-state index < -0.39 is 5.41 Å². The summed E-state index contributed by atoms with van der Waals surface area (Å²) in [6.07, 6.45) is 1.50. The number of nitrogens with one attached hydrogen (secondary N) is 2. The summed E-state index contributed by atoms with van der Waals surface area (Å²) in [7, 11) is 1.62. The molecule has 1 aliphatic heterocycles. The van der Waals surface area contributed by atoms with Gasteiger partial charge in [-0.15, -0.1) is 0 Å². The number of likely N-dealkylation sites (tertiary alicyclic amines) is 1. The number of methoxy groups -OCH3 is 1. The fraction of sp³-hybridized carbons (Fsp3) is 0.391. The zero-order valence-electron chi connectivity index (χ0n) is 17.6. The predicted molar refractivity (Wildman–Crippen MR) is 119 cm³/mol. The highest BCUT2D eigenvalue weighted by atomic mass is 35.5. The van der Waals surface area contributed by atoms with E-state index in [0.29, 0.717) is 30.3 Å². The highest BCUT2D eigenvalue weighted by molar-refractivity contribution is 6.31. The molecule has 0 radical (unpaired) electrons. The standard InChI is InChI=1S/C23H28ClN3O3/c1-16-8-9-18(13-20(16)24)26-22(29)27-11-5-10-23(2,15-27)21(28)25-14-17-6-4-7-19(12-17)30-3/h4,6-9,12-13H,5,10-11,14-15H2,1-3H3,(H,25,28)(H,26,29)/t23-/m0/s1. The third-order valence-electron chi connectivity index (χ3n) is 5.54. The molecule has 2 aromatic rings. The maximum Gasteiger partial charge on any atom is 0.321 e. The van der Waals surface area contributed by atoms with Gasteiger partial charge in [-0.2, -0.15) is 0 Å². The van der Waals surface area contributed by atoms with Crippen LogP contribution in [0.25, 0.3) is 0 Å². The van der Waals surface area contributed by atoms with Gasteiger partial charge in [0.25, 0.3) is 0 Å². The Hall–Kier alpha value is -2.73. The van der Waals surface area contributed by atoms with Crippen LogP contribution in [0, 0.1) is 12.3 Å². The lowest BCUT2D eigenvalue weighted by Crippen LogP contribution is -2.52. The molecule has 0 saturated carbocycles. The Bertz CT molecular complexity index is 934. The van der Waals surface area contributed by atoms with Crippen molar-refractivity contribution in [1.29, 1.82) is 0 Å². The molecule has 1 heterocycles. The third-order valence-corrected chi connectivity index (χ3v) is 5.95. The molecule has 0 bridgehead atoms. The van der Waals surface area contributed by atoms with Crippen LogP contribution >= 0.6 is 11.6 Å². The predicted octanol–water partition coefficient (Wildman–Crippen LogP) is 4.61. The number of hydrogen-bond acceptors (Lipinski definition) is 3. The van der Waals surface area contributed by atoms with E-state index in [-0.39, 0.29) is 11.9 Å². The highest BCUT2D eigenvalue weighted by Crippen LogP contribution is 2.30. The zero-order chi connectivity index (χ0) is 21.7. The monoisotopic (exact) mass is 429 g/mol. The summed E-state index contributed by atoms with van der Waals surface area (Å²) in [5.41, 5.74) is 1.92. The second-order valence-corrected chi connectivity index (χ2v) is 8.42. The van der Waals surface area contributed by atoms with Gasteiger partial charge in [-0.1, -0.05) is 29.8 Å². The van der Waals surface area contributed by atoms with Gasteiger partial charge in [-0.25, -0.2) is 4.79 Å². The summed E-state index contributed by atoms with van der Waals surface area (Å²) >= 11 is 6.15. The Morgan fingerprint density at radius 2 is 2.03 bits per heavy atom. The number of carbonyl (C=O) groups excluding carboxylic acids is 2. The molecule has 3 rings (SSSR count). The van der Waals surface area contributed by atoms with Gasteiger partial charge in [0, 0.05) is 30.3 Å². The number of hydrogen-bond donors (Lipinski definition) is 2. The summed E-state index contributed by atoms with van der Waals surface area (Å²) in [6.45, 7) is 5.22. The summed E-state index contributed by atoms with van der Waals surface area (Å²) in [5, 5.41) is 6.50. The van der Waals surface area contributed by atoms with E-state index in [9.17, 15) is 9.59 Å². The van der Waals surface area contributed by atoms with Crippen LogP contribution in [0.4, 0.5) is 10.5 Å². The fourth-order valence-electron chi connectivity index (χ4n) is 3.65. The largest absolute Gasteiger partial charge is 0.497 e. The number of aryl methyl sites for hydroxylation is 1. The van der Waals surface area contributed by atoms with Gasteiger partial charge in [0.15, 0.2) is 0 Å². The van der Waals surface area contributed by atoms with Crippen LogP contribution in [0.2, 0.25) is 5.02 Å². The Morgan fingerprint density at radius 3 is 2.77 bits per heavy atom. The van der Waals surface area contributed by atoms with E-state index in [2.05, 4.69) is 10.6 Å². The van der Waals surface area contributed by atoms with Crippen molar-refractivity contribution >= 4 is 29.2 Å². The minimum absolute atomic E-state index is 0.0544. The molecule has 0 aliphatic carbocycles. The second kappa shape index (κ2) is 9.39. The SMILES string of the molecule is COc1cccc(CNC(=O)[C@@]2(C)CCCN(C(=O)Nc3ccc(C)c(Cl)c3)C2)c1. The quantitative estimate of drug-likeness (QED) is 0.729. The first-order valence-electron chi connectivity index (χ1n) is 10.0. The molecule has 2 N–H and O–H groups in total. The van der Waals surface area contributed by atoms with Crippen molar-refractivity contribution in [2.75, 3.05) is 25.5 Å². The van der Waals surface area contributed by atoms with E-state index in [1.165, 1.54) is 0 Å². The number of ether oxygens (including phenoxy) is 1. The number of urea groups is 1. The van der Waals surface area contributed by atoms with Gasteiger partial charge >= 0.3 is 6.03 Å². The molecule has 160 valence electrons. The van der Waals surface area contributed by atoms with Crippen molar-refractivity contribution in [2.45, 2.75) is 33.2 Å². The number of carbonyl (C=O) groups is 2. The number of amides is 3. The maximum atomic E-state index is 12.9. The van der Waals surface area contributed by atoms with E-state index in [0.717, 1.165) is 29.7 Å². The summed E-state index contributed by atoms with van der Waals surface area (Å²) in [5.74, 6) is 0.700. The highest BCUT2D eigenvalue weighted by Gasteiger charge is 2.39. The van der Waals surface area contributed by atoms with E-state index in [1.54, 1.807) is 18.1 Å². The van der Waals surface area contributed by atoms with Gasteiger partial charge < -0.3 is 20.3 Å². The Kier molecular flexibility index (Phi) is 6.87. The number of piperidine rings is 1. The molecule has 0 spiro atoms. The number of rotatable bonds is 5. The minimum atomic E-state index is -0.640. The lowest BCUT2D eigenvalue weighted by atomic mass is 9.81. The Morgan fingerprint density at radius 1 is 1.23 bits per heavy atom.